The molecule has 2 aliphatic carbocycles. The van der Waals surface area contributed by atoms with Crippen molar-refractivity contribution >= 4 is 11.9 Å². The lowest BCUT2D eigenvalue weighted by atomic mass is 9.85. The average Bonchev–Trinajstić information content (AvgIpc) is 3.12. The second-order valence-electron chi connectivity index (χ2n) is 6.27. The minimum atomic E-state index is -0.897. The number of carboxylic acid groups (broad SMARTS) is 1. The van der Waals surface area contributed by atoms with E-state index >= 15 is 0 Å². The molecule has 19 heavy (non-hydrogen) atoms. The van der Waals surface area contributed by atoms with Gasteiger partial charge in [0.05, 0.1) is 6.04 Å². The van der Waals surface area contributed by atoms with E-state index < -0.39 is 12.0 Å². The number of fused-ring (bicyclic) bond motifs is 1. The Kier molecular flexibility index (Phi) is 3.48. The van der Waals surface area contributed by atoms with E-state index in [-0.39, 0.29) is 17.9 Å². The lowest BCUT2D eigenvalue weighted by molar-refractivity contribution is -0.142. The number of amides is 1. The van der Waals surface area contributed by atoms with Crippen LogP contribution < -0.4 is 10.6 Å². The minimum absolute atomic E-state index is 0.117. The molecule has 5 heteroatoms. The Morgan fingerprint density at radius 1 is 1.16 bits per heavy atom. The van der Waals surface area contributed by atoms with Crippen LogP contribution in [0.2, 0.25) is 0 Å². The summed E-state index contributed by atoms with van der Waals surface area (Å²) in [6.07, 6.45) is 7.56. The van der Waals surface area contributed by atoms with Crippen molar-refractivity contribution in [2.75, 3.05) is 0 Å². The highest BCUT2D eigenvalue weighted by atomic mass is 16.4. The van der Waals surface area contributed by atoms with Gasteiger partial charge in [-0.25, -0.2) is 4.79 Å². The molecule has 1 aliphatic heterocycles. The van der Waals surface area contributed by atoms with Crippen molar-refractivity contribution < 1.29 is 14.7 Å². The zero-order valence-electron chi connectivity index (χ0n) is 11.1. The Labute approximate surface area is 113 Å². The second-order valence-corrected chi connectivity index (χ2v) is 6.27. The predicted molar refractivity (Wildman–Crippen MR) is 69.6 cm³/mol. The molecule has 1 saturated heterocycles. The summed E-state index contributed by atoms with van der Waals surface area (Å²) in [4.78, 5) is 23.3. The van der Waals surface area contributed by atoms with Gasteiger partial charge in [0.25, 0.3) is 0 Å². The van der Waals surface area contributed by atoms with E-state index in [0.29, 0.717) is 12.0 Å². The maximum atomic E-state index is 12.2. The van der Waals surface area contributed by atoms with Crippen LogP contribution in [-0.2, 0) is 9.59 Å². The fourth-order valence-electron chi connectivity index (χ4n) is 3.59. The SMILES string of the molecule is O=C(NC(C(=O)O)C1CC1)C1CC2CCCCC2N1. The fraction of sp³-hybridized carbons (Fsp3) is 0.857. The van der Waals surface area contributed by atoms with Crippen molar-refractivity contribution in [2.45, 2.75) is 63.1 Å². The highest BCUT2D eigenvalue weighted by Crippen LogP contribution is 2.35. The summed E-state index contributed by atoms with van der Waals surface area (Å²) in [5, 5.41) is 15.3. The third kappa shape index (κ3) is 2.76. The third-order valence-corrected chi connectivity index (χ3v) is 4.84. The molecule has 0 aromatic rings. The molecule has 5 nitrogen and oxygen atoms in total. The second kappa shape index (κ2) is 5.12. The summed E-state index contributed by atoms with van der Waals surface area (Å²) in [6, 6.07) is -0.403. The van der Waals surface area contributed by atoms with Gasteiger partial charge in [0.1, 0.15) is 6.04 Å². The molecule has 0 aromatic heterocycles. The fourth-order valence-corrected chi connectivity index (χ4v) is 3.59. The topological polar surface area (TPSA) is 78.4 Å². The number of hydrogen-bond acceptors (Lipinski definition) is 3. The van der Waals surface area contributed by atoms with Gasteiger partial charge in [0.2, 0.25) is 5.91 Å². The van der Waals surface area contributed by atoms with E-state index in [1.807, 2.05) is 0 Å². The van der Waals surface area contributed by atoms with Crippen LogP contribution in [0.15, 0.2) is 0 Å². The first-order chi connectivity index (χ1) is 9.15. The average molecular weight is 266 g/mol. The highest BCUT2D eigenvalue weighted by molar-refractivity contribution is 5.87. The Hall–Kier alpha value is -1.10. The van der Waals surface area contributed by atoms with E-state index in [0.717, 1.165) is 25.7 Å². The van der Waals surface area contributed by atoms with Gasteiger partial charge < -0.3 is 15.7 Å². The van der Waals surface area contributed by atoms with Crippen molar-refractivity contribution in [1.29, 1.82) is 0 Å². The van der Waals surface area contributed by atoms with Crippen molar-refractivity contribution in [3.8, 4) is 0 Å². The van der Waals surface area contributed by atoms with Crippen LogP contribution in [0.25, 0.3) is 0 Å². The number of carboxylic acids is 1. The molecule has 3 N–H and O–H groups in total. The van der Waals surface area contributed by atoms with E-state index in [2.05, 4.69) is 10.6 Å². The Morgan fingerprint density at radius 3 is 2.53 bits per heavy atom. The summed E-state index contributed by atoms with van der Waals surface area (Å²) in [7, 11) is 0. The third-order valence-electron chi connectivity index (χ3n) is 4.84. The zero-order valence-corrected chi connectivity index (χ0v) is 11.1. The standard InChI is InChI=1S/C14H22N2O3/c17-13(16-12(14(18)19)8-5-6-8)11-7-9-3-1-2-4-10(9)15-11/h8-12,15H,1-7H2,(H,16,17)(H,18,19). The Morgan fingerprint density at radius 2 is 1.89 bits per heavy atom. The van der Waals surface area contributed by atoms with Crippen LogP contribution in [0.1, 0.15) is 44.9 Å². The molecule has 0 spiro atoms. The van der Waals surface area contributed by atoms with E-state index in [1.54, 1.807) is 0 Å². The van der Waals surface area contributed by atoms with Gasteiger partial charge in [-0.2, -0.15) is 0 Å². The molecule has 2 saturated carbocycles. The van der Waals surface area contributed by atoms with Gasteiger partial charge in [0.15, 0.2) is 0 Å². The van der Waals surface area contributed by atoms with Gasteiger partial charge in [-0.3, -0.25) is 4.79 Å². The molecule has 4 atom stereocenters. The van der Waals surface area contributed by atoms with Crippen molar-refractivity contribution in [3.63, 3.8) is 0 Å². The van der Waals surface area contributed by atoms with E-state index in [1.165, 1.54) is 19.3 Å². The van der Waals surface area contributed by atoms with E-state index in [4.69, 9.17) is 5.11 Å². The summed E-state index contributed by atoms with van der Waals surface area (Å²) in [5.74, 6) is -0.265. The Balaban J connectivity index is 1.57. The van der Waals surface area contributed by atoms with Crippen molar-refractivity contribution in [1.82, 2.24) is 10.6 Å². The number of rotatable bonds is 4. The molecule has 3 fully saturated rings. The lowest BCUT2D eigenvalue weighted by Gasteiger charge is -2.24. The highest BCUT2D eigenvalue weighted by Gasteiger charge is 2.42. The quantitative estimate of drug-likeness (QED) is 0.706. The van der Waals surface area contributed by atoms with Crippen molar-refractivity contribution in [2.24, 2.45) is 11.8 Å². The zero-order chi connectivity index (χ0) is 13.4. The molecule has 4 unspecified atom stereocenters. The van der Waals surface area contributed by atoms with Gasteiger partial charge in [-0.05, 0) is 43.9 Å². The van der Waals surface area contributed by atoms with Gasteiger partial charge in [-0.1, -0.05) is 12.8 Å². The maximum absolute atomic E-state index is 12.2. The molecule has 3 rings (SSSR count). The molecular formula is C14H22N2O3. The first-order valence-corrected chi connectivity index (χ1v) is 7.44. The number of hydrogen-bond donors (Lipinski definition) is 3. The molecule has 0 radical (unpaired) electrons. The first kappa shape index (κ1) is 12.9. The summed E-state index contributed by atoms with van der Waals surface area (Å²) in [5.41, 5.74) is 0. The molecule has 0 bridgehead atoms. The minimum Gasteiger partial charge on any atom is -0.480 e. The van der Waals surface area contributed by atoms with Gasteiger partial charge in [0, 0.05) is 6.04 Å². The van der Waals surface area contributed by atoms with Crippen LogP contribution in [-0.4, -0.2) is 35.1 Å². The van der Waals surface area contributed by atoms with Crippen LogP contribution in [0.4, 0.5) is 0 Å². The van der Waals surface area contributed by atoms with Crippen LogP contribution in [0, 0.1) is 11.8 Å². The molecule has 3 aliphatic rings. The van der Waals surface area contributed by atoms with Crippen LogP contribution >= 0.6 is 0 Å². The first-order valence-electron chi connectivity index (χ1n) is 7.44. The molecule has 0 aromatic carbocycles. The monoisotopic (exact) mass is 266 g/mol. The van der Waals surface area contributed by atoms with Gasteiger partial charge >= 0.3 is 5.97 Å². The molecular weight excluding hydrogens is 244 g/mol. The smallest absolute Gasteiger partial charge is 0.326 e. The maximum Gasteiger partial charge on any atom is 0.326 e. The van der Waals surface area contributed by atoms with Gasteiger partial charge in [-0.15, -0.1) is 0 Å². The van der Waals surface area contributed by atoms with Crippen LogP contribution in [0.3, 0.4) is 0 Å². The lowest BCUT2D eigenvalue weighted by Crippen LogP contribution is -2.50. The predicted octanol–water partition coefficient (Wildman–Crippen LogP) is 0.886. The molecule has 106 valence electrons. The number of carbonyl (C=O) groups excluding carboxylic acids is 1. The molecule has 1 amide bonds. The van der Waals surface area contributed by atoms with Crippen molar-refractivity contribution in [3.05, 3.63) is 0 Å². The van der Waals surface area contributed by atoms with Crippen LogP contribution in [0.5, 0.6) is 0 Å². The Bertz CT molecular complexity index is 367. The van der Waals surface area contributed by atoms with E-state index in [9.17, 15) is 9.59 Å². The number of nitrogens with one attached hydrogen (secondary N) is 2. The summed E-state index contributed by atoms with van der Waals surface area (Å²) >= 11 is 0. The normalized spacial score (nSPS) is 35.5. The largest absolute Gasteiger partial charge is 0.480 e. The summed E-state index contributed by atoms with van der Waals surface area (Å²) in [6.45, 7) is 0. The number of carbonyl (C=O) groups is 2. The summed E-state index contributed by atoms with van der Waals surface area (Å²) < 4.78 is 0. The molecule has 1 heterocycles. The number of aliphatic carboxylic acids is 1.